The van der Waals surface area contributed by atoms with Crippen molar-refractivity contribution < 1.29 is 27.4 Å². The van der Waals surface area contributed by atoms with Crippen molar-refractivity contribution in [3.8, 4) is 17.2 Å². The van der Waals surface area contributed by atoms with Gasteiger partial charge in [-0.2, -0.15) is 4.31 Å². The van der Waals surface area contributed by atoms with Crippen molar-refractivity contribution >= 4 is 15.9 Å². The second-order valence-corrected chi connectivity index (χ2v) is 10.3. The molecule has 0 bridgehead atoms. The molecule has 2 aromatic carbocycles. The number of amides is 1. The third-order valence-corrected chi connectivity index (χ3v) is 7.74. The van der Waals surface area contributed by atoms with E-state index in [2.05, 4.69) is 0 Å². The van der Waals surface area contributed by atoms with Crippen LogP contribution in [-0.4, -0.2) is 90.0 Å². The molecule has 34 heavy (non-hydrogen) atoms. The van der Waals surface area contributed by atoms with Crippen LogP contribution in [-0.2, 0) is 27.8 Å². The molecule has 0 aliphatic carbocycles. The maximum absolute atomic E-state index is 13.4. The number of carbonyl (C=O) groups excluding carboxylic acids is 1. The van der Waals surface area contributed by atoms with Gasteiger partial charge in [-0.05, 0) is 68.0 Å². The Morgan fingerprint density at radius 3 is 2.12 bits per heavy atom. The molecule has 186 valence electrons. The Bertz CT molecular complexity index is 1100. The number of hydrogen-bond donors (Lipinski definition) is 0. The summed E-state index contributed by atoms with van der Waals surface area (Å²) in [5.74, 6) is 1.58. The first kappa shape index (κ1) is 25.8. The van der Waals surface area contributed by atoms with Crippen molar-refractivity contribution in [3.63, 3.8) is 0 Å². The molecule has 1 aliphatic rings. The summed E-state index contributed by atoms with van der Waals surface area (Å²) in [6.07, 6.45) is 0.657. The number of rotatable bonds is 10. The van der Waals surface area contributed by atoms with E-state index in [1.807, 2.05) is 31.1 Å². The summed E-state index contributed by atoms with van der Waals surface area (Å²) < 4.78 is 43.9. The van der Waals surface area contributed by atoms with Crippen LogP contribution in [0.3, 0.4) is 0 Å². The van der Waals surface area contributed by atoms with E-state index >= 15 is 0 Å². The first-order valence-corrected chi connectivity index (χ1v) is 12.4. The van der Waals surface area contributed by atoms with Crippen molar-refractivity contribution in [1.82, 2.24) is 14.1 Å². The lowest BCUT2D eigenvalue weighted by Crippen LogP contribution is -2.46. The SMILES string of the molecule is COc1ccc(S(=O)(=O)N(CCN(C)C)CC(=O)N2CCc3cc(OC)c(OC)cc3C2)cc1. The Labute approximate surface area is 201 Å². The lowest BCUT2D eigenvalue weighted by atomic mass is 9.98. The highest BCUT2D eigenvalue weighted by molar-refractivity contribution is 7.89. The lowest BCUT2D eigenvalue weighted by Gasteiger charge is -2.32. The molecule has 2 aromatic rings. The Balaban J connectivity index is 1.80. The summed E-state index contributed by atoms with van der Waals surface area (Å²) in [4.78, 5) is 17.0. The number of nitrogens with zero attached hydrogens (tertiary/aromatic N) is 3. The van der Waals surface area contributed by atoms with Gasteiger partial charge in [-0.25, -0.2) is 8.42 Å². The second kappa shape index (κ2) is 11.1. The van der Waals surface area contributed by atoms with Gasteiger partial charge in [0.2, 0.25) is 15.9 Å². The van der Waals surface area contributed by atoms with E-state index in [1.54, 1.807) is 31.3 Å². The fourth-order valence-electron chi connectivity index (χ4n) is 3.84. The Morgan fingerprint density at radius 2 is 1.56 bits per heavy atom. The van der Waals surface area contributed by atoms with Crippen LogP contribution >= 0.6 is 0 Å². The molecule has 0 aromatic heterocycles. The minimum atomic E-state index is -3.87. The Kier molecular flexibility index (Phi) is 8.40. The van der Waals surface area contributed by atoms with E-state index in [0.717, 1.165) is 11.1 Å². The van der Waals surface area contributed by atoms with Crippen molar-refractivity contribution in [3.05, 3.63) is 47.5 Å². The molecule has 0 radical (unpaired) electrons. The Hall–Kier alpha value is -2.82. The highest BCUT2D eigenvalue weighted by atomic mass is 32.2. The molecule has 0 spiro atoms. The van der Waals surface area contributed by atoms with Gasteiger partial charge < -0.3 is 24.0 Å². The first-order chi connectivity index (χ1) is 16.2. The van der Waals surface area contributed by atoms with Gasteiger partial charge in [0.05, 0.1) is 32.8 Å². The largest absolute Gasteiger partial charge is 0.497 e. The lowest BCUT2D eigenvalue weighted by molar-refractivity contribution is -0.132. The Morgan fingerprint density at radius 1 is 0.941 bits per heavy atom. The van der Waals surface area contributed by atoms with Crippen molar-refractivity contribution in [2.45, 2.75) is 17.9 Å². The van der Waals surface area contributed by atoms with Gasteiger partial charge in [0, 0.05) is 26.2 Å². The molecule has 0 atom stereocenters. The molecule has 3 rings (SSSR count). The fraction of sp³-hybridized carbons (Fsp3) is 0.458. The summed E-state index contributed by atoms with van der Waals surface area (Å²) in [6.45, 7) is 1.35. The smallest absolute Gasteiger partial charge is 0.243 e. The number of benzene rings is 2. The maximum atomic E-state index is 13.4. The fourth-order valence-corrected chi connectivity index (χ4v) is 5.22. The zero-order valence-electron chi connectivity index (χ0n) is 20.4. The van der Waals surface area contributed by atoms with E-state index < -0.39 is 10.0 Å². The van der Waals surface area contributed by atoms with Crippen LogP contribution in [0.4, 0.5) is 0 Å². The van der Waals surface area contributed by atoms with Gasteiger partial charge in [-0.15, -0.1) is 0 Å². The summed E-state index contributed by atoms with van der Waals surface area (Å²) in [7, 11) is 4.55. The number of fused-ring (bicyclic) bond motifs is 1. The van der Waals surface area contributed by atoms with Gasteiger partial charge in [0.15, 0.2) is 11.5 Å². The molecule has 1 aliphatic heterocycles. The number of hydrogen-bond acceptors (Lipinski definition) is 7. The highest BCUT2D eigenvalue weighted by Crippen LogP contribution is 2.33. The maximum Gasteiger partial charge on any atom is 0.243 e. The molecule has 0 saturated carbocycles. The van der Waals surface area contributed by atoms with Crippen molar-refractivity contribution in [1.29, 1.82) is 0 Å². The molecule has 10 heteroatoms. The minimum absolute atomic E-state index is 0.126. The third-order valence-electron chi connectivity index (χ3n) is 5.88. The van der Waals surface area contributed by atoms with Gasteiger partial charge in [0.25, 0.3) is 0 Å². The molecule has 1 amide bonds. The molecular formula is C24H33N3O6S. The standard InChI is InChI=1S/C24H33N3O6S/c1-25(2)12-13-27(34(29,30)21-8-6-20(31-3)7-9-21)17-24(28)26-11-10-18-14-22(32-4)23(33-5)15-19(18)16-26/h6-9,14-15H,10-13,16-17H2,1-5H3. The van der Waals surface area contributed by atoms with E-state index in [4.69, 9.17) is 14.2 Å². The van der Waals surface area contributed by atoms with Crippen molar-refractivity contribution in [2.24, 2.45) is 0 Å². The molecule has 0 saturated heterocycles. The predicted octanol–water partition coefficient (Wildman–Crippen LogP) is 1.85. The average Bonchev–Trinajstić information content (AvgIpc) is 2.84. The number of ether oxygens (including phenoxy) is 3. The topological polar surface area (TPSA) is 88.6 Å². The van der Waals surface area contributed by atoms with E-state index in [0.29, 0.717) is 43.3 Å². The number of methoxy groups -OCH3 is 3. The van der Waals surface area contributed by atoms with Crippen LogP contribution in [0.2, 0.25) is 0 Å². The second-order valence-electron chi connectivity index (χ2n) is 8.36. The van der Waals surface area contributed by atoms with E-state index in [1.165, 1.54) is 23.5 Å². The summed E-state index contributed by atoms with van der Waals surface area (Å²) >= 11 is 0. The molecule has 0 N–H and O–H groups in total. The number of likely N-dealkylation sites (N-methyl/N-ethyl adjacent to an activating group) is 1. The van der Waals surface area contributed by atoms with Gasteiger partial charge in [-0.1, -0.05) is 0 Å². The number of sulfonamides is 1. The molecule has 0 unspecified atom stereocenters. The monoisotopic (exact) mass is 491 g/mol. The zero-order chi connectivity index (χ0) is 24.9. The minimum Gasteiger partial charge on any atom is -0.497 e. The van der Waals surface area contributed by atoms with Crippen LogP contribution in [0, 0.1) is 0 Å². The quantitative estimate of drug-likeness (QED) is 0.501. The number of carbonyl (C=O) groups is 1. The highest BCUT2D eigenvalue weighted by Gasteiger charge is 2.30. The van der Waals surface area contributed by atoms with Crippen LogP contribution in [0.1, 0.15) is 11.1 Å². The molecular weight excluding hydrogens is 458 g/mol. The molecule has 1 heterocycles. The van der Waals surface area contributed by atoms with Crippen LogP contribution in [0.25, 0.3) is 0 Å². The normalized spacial score (nSPS) is 13.7. The zero-order valence-corrected chi connectivity index (χ0v) is 21.2. The molecule has 9 nitrogen and oxygen atoms in total. The predicted molar refractivity (Wildman–Crippen MR) is 129 cm³/mol. The molecule has 0 fully saturated rings. The van der Waals surface area contributed by atoms with Crippen LogP contribution in [0.5, 0.6) is 17.2 Å². The van der Waals surface area contributed by atoms with Crippen LogP contribution in [0.15, 0.2) is 41.3 Å². The van der Waals surface area contributed by atoms with E-state index in [-0.39, 0.29) is 23.9 Å². The van der Waals surface area contributed by atoms with Crippen LogP contribution < -0.4 is 14.2 Å². The van der Waals surface area contributed by atoms with E-state index in [9.17, 15) is 13.2 Å². The van der Waals surface area contributed by atoms with Gasteiger partial charge in [0.1, 0.15) is 5.75 Å². The van der Waals surface area contributed by atoms with Gasteiger partial charge in [-0.3, -0.25) is 4.79 Å². The van der Waals surface area contributed by atoms with Crippen molar-refractivity contribution in [2.75, 3.05) is 61.6 Å². The third kappa shape index (κ3) is 5.81. The summed E-state index contributed by atoms with van der Waals surface area (Å²) in [5, 5.41) is 0. The van der Waals surface area contributed by atoms with Gasteiger partial charge >= 0.3 is 0 Å². The first-order valence-electron chi connectivity index (χ1n) is 11.0. The average molecular weight is 492 g/mol. The summed E-state index contributed by atoms with van der Waals surface area (Å²) in [6, 6.07) is 10.0. The summed E-state index contributed by atoms with van der Waals surface area (Å²) in [5.41, 5.74) is 2.06.